The molecule has 4 unspecified atom stereocenters. The second kappa shape index (κ2) is 5.55. The molecule has 18 heavy (non-hydrogen) atoms. The largest absolute Gasteiger partial charge is 0.313 e. The summed E-state index contributed by atoms with van der Waals surface area (Å²) in [7, 11) is -3.82. The van der Waals surface area contributed by atoms with Crippen molar-refractivity contribution in [2.45, 2.75) is 25.8 Å². The lowest BCUT2D eigenvalue weighted by atomic mass is 9.89. The molecule has 5 heteroatoms. The first kappa shape index (κ1) is 13.8. The van der Waals surface area contributed by atoms with Gasteiger partial charge in [0, 0.05) is 6.04 Å². The number of fused-ring (bicyclic) bond motifs is 1. The maximum Gasteiger partial charge on any atom is 0.264 e. The minimum Gasteiger partial charge on any atom is -0.313 e. The van der Waals surface area contributed by atoms with E-state index >= 15 is 0 Å². The lowest BCUT2D eigenvalue weighted by Gasteiger charge is -2.24. The standard InChI is InChI=1S/C13H21NO3S/c1-10-9-11-5-2-3-6-12(11)13(10)14-7-4-8-18(15,16)17/h2-3,5-6,10-14H,4,7-9H2,1H3,(H,15,16,17). The lowest BCUT2D eigenvalue weighted by Crippen LogP contribution is -2.38. The Hall–Kier alpha value is -0.650. The molecule has 2 aliphatic carbocycles. The van der Waals surface area contributed by atoms with E-state index in [-0.39, 0.29) is 5.75 Å². The Morgan fingerprint density at radius 3 is 2.78 bits per heavy atom. The Morgan fingerprint density at radius 2 is 2.06 bits per heavy atom. The van der Waals surface area contributed by atoms with Crippen molar-refractivity contribution in [3.8, 4) is 0 Å². The highest BCUT2D eigenvalue weighted by Gasteiger charge is 2.38. The van der Waals surface area contributed by atoms with Crippen LogP contribution in [0.25, 0.3) is 0 Å². The van der Waals surface area contributed by atoms with Gasteiger partial charge in [-0.05, 0) is 37.1 Å². The van der Waals surface area contributed by atoms with Crippen molar-refractivity contribution in [3.05, 3.63) is 24.3 Å². The van der Waals surface area contributed by atoms with Gasteiger partial charge in [0.05, 0.1) is 5.75 Å². The highest BCUT2D eigenvalue weighted by atomic mass is 32.2. The van der Waals surface area contributed by atoms with Crippen molar-refractivity contribution in [1.82, 2.24) is 5.32 Å². The van der Waals surface area contributed by atoms with Gasteiger partial charge in [0.15, 0.2) is 0 Å². The minimum atomic E-state index is -3.82. The van der Waals surface area contributed by atoms with Crippen molar-refractivity contribution in [3.63, 3.8) is 0 Å². The van der Waals surface area contributed by atoms with Crippen LogP contribution in [-0.4, -0.2) is 31.3 Å². The van der Waals surface area contributed by atoms with Crippen LogP contribution in [0.3, 0.4) is 0 Å². The van der Waals surface area contributed by atoms with Crippen LogP contribution in [0.4, 0.5) is 0 Å². The van der Waals surface area contributed by atoms with E-state index in [0.29, 0.717) is 36.8 Å². The first-order chi connectivity index (χ1) is 8.47. The van der Waals surface area contributed by atoms with E-state index < -0.39 is 10.1 Å². The molecule has 4 nitrogen and oxygen atoms in total. The zero-order chi connectivity index (χ0) is 13.2. The molecule has 0 aromatic carbocycles. The second-order valence-corrected chi connectivity index (χ2v) is 6.92. The first-order valence-corrected chi connectivity index (χ1v) is 8.12. The average molecular weight is 271 g/mol. The summed E-state index contributed by atoms with van der Waals surface area (Å²) < 4.78 is 29.9. The number of hydrogen-bond donors (Lipinski definition) is 2. The Labute approximate surface area is 109 Å². The van der Waals surface area contributed by atoms with E-state index in [2.05, 4.69) is 36.5 Å². The van der Waals surface area contributed by atoms with E-state index in [0.717, 1.165) is 0 Å². The Kier molecular flexibility index (Phi) is 4.25. The van der Waals surface area contributed by atoms with Crippen molar-refractivity contribution in [1.29, 1.82) is 0 Å². The monoisotopic (exact) mass is 271 g/mol. The zero-order valence-corrected chi connectivity index (χ0v) is 11.4. The van der Waals surface area contributed by atoms with E-state index in [1.165, 1.54) is 6.42 Å². The van der Waals surface area contributed by atoms with Crippen molar-refractivity contribution in [2.24, 2.45) is 17.8 Å². The maximum atomic E-state index is 10.6. The molecule has 1 fully saturated rings. The highest BCUT2D eigenvalue weighted by Crippen LogP contribution is 2.39. The van der Waals surface area contributed by atoms with Crippen LogP contribution in [0.15, 0.2) is 24.3 Å². The molecule has 0 amide bonds. The fourth-order valence-electron chi connectivity index (χ4n) is 3.11. The van der Waals surface area contributed by atoms with Crippen LogP contribution in [0.1, 0.15) is 19.8 Å². The summed E-state index contributed by atoms with van der Waals surface area (Å²) in [6.45, 7) is 2.87. The van der Waals surface area contributed by atoms with Gasteiger partial charge in [-0.15, -0.1) is 0 Å². The molecule has 4 atom stereocenters. The molecule has 0 bridgehead atoms. The first-order valence-electron chi connectivity index (χ1n) is 6.51. The van der Waals surface area contributed by atoms with Crippen LogP contribution < -0.4 is 5.32 Å². The number of nitrogens with one attached hydrogen (secondary N) is 1. The van der Waals surface area contributed by atoms with Gasteiger partial charge in [-0.3, -0.25) is 4.55 Å². The fraction of sp³-hybridized carbons (Fsp3) is 0.692. The van der Waals surface area contributed by atoms with Gasteiger partial charge < -0.3 is 5.32 Å². The molecule has 1 saturated carbocycles. The van der Waals surface area contributed by atoms with Gasteiger partial charge in [0.1, 0.15) is 0 Å². The smallest absolute Gasteiger partial charge is 0.264 e. The zero-order valence-electron chi connectivity index (χ0n) is 10.6. The summed E-state index contributed by atoms with van der Waals surface area (Å²) in [5, 5.41) is 3.44. The van der Waals surface area contributed by atoms with Crippen LogP contribution in [0, 0.1) is 17.8 Å². The maximum absolute atomic E-state index is 10.6. The summed E-state index contributed by atoms with van der Waals surface area (Å²) in [6, 6.07) is 0.414. The molecular formula is C13H21NO3S. The van der Waals surface area contributed by atoms with Crippen LogP contribution >= 0.6 is 0 Å². The third-order valence-corrected chi connectivity index (χ3v) is 4.73. The molecular weight excluding hydrogens is 250 g/mol. The van der Waals surface area contributed by atoms with Gasteiger partial charge in [-0.1, -0.05) is 31.2 Å². The molecule has 2 aliphatic rings. The molecule has 2 N–H and O–H groups in total. The molecule has 102 valence electrons. The predicted octanol–water partition coefficient (Wildman–Crippen LogP) is 1.62. The lowest BCUT2D eigenvalue weighted by molar-refractivity contribution is 0.378. The van der Waals surface area contributed by atoms with Gasteiger partial charge in [-0.2, -0.15) is 8.42 Å². The molecule has 0 radical (unpaired) electrons. The Balaban J connectivity index is 1.82. The third kappa shape index (κ3) is 3.43. The summed E-state index contributed by atoms with van der Waals surface area (Å²) >= 11 is 0. The topological polar surface area (TPSA) is 66.4 Å². The van der Waals surface area contributed by atoms with Crippen molar-refractivity contribution in [2.75, 3.05) is 12.3 Å². The average Bonchev–Trinajstić information content (AvgIpc) is 2.59. The molecule has 0 aromatic rings. The van der Waals surface area contributed by atoms with E-state index in [1.807, 2.05) is 0 Å². The van der Waals surface area contributed by atoms with Gasteiger partial charge in [0.2, 0.25) is 0 Å². The molecule has 0 heterocycles. The number of rotatable bonds is 5. The quantitative estimate of drug-likeness (QED) is 0.589. The minimum absolute atomic E-state index is 0.162. The van der Waals surface area contributed by atoms with Crippen LogP contribution in [0.5, 0.6) is 0 Å². The van der Waals surface area contributed by atoms with Crippen molar-refractivity contribution < 1.29 is 13.0 Å². The predicted molar refractivity (Wildman–Crippen MR) is 71.9 cm³/mol. The third-order valence-electron chi connectivity index (χ3n) is 3.93. The second-order valence-electron chi connectivity index (χ2n) is 5.34. The Morgan fingerprint density at radius 1 is 1.33 bits per heavy atom. The number of allylic oxidation sites excluding steroid dienone is 3. The fourth-order valence-corrected chi connectivity index (χ4v) is 3.62. The van der Waals surface area contributed by atoms with Crippen LogP contribution in [-0.2, 0) is 10.1 Å². The molecule has 0 aromatic heterocycles. The molecule has 2 rings (SSSR count). The summed E-state index contributed by atoms with van der Waals surface area (Å²) in [4.78, 5) is 0. The molecule has 0 saturated heterocycles. The SMILES string of the molecule is CC1CC2C=CC=CC2C1NCCCS(=O)(=O)O. The summed E-state index contributed by atoms with van der Waals surface area (Å²) in [5.74, 6) is 1.57. The Bertz CT molecular complexity index is 441. The van der Waals surface area contributed by atoms with E-state index in [1.54, 1.807) is 0 Å². The number of hydrogen-bond acceptors (Lipinski definition) is 3. The summed E-state index contributed by atoms with van der Waals surface area (Å²) in [6.07, 6.45) is 10.3. The van der Waals surface area contributed by atoms with Gasteiger partial charge in [0.25, 0.3) is 10.1 Å². The highest BCUT2D eigenvalue weighted by molar-refractivity contribution is 7.85. The van der Waals surface area contributed by atoms with Crippen molar-refractivity contribution >= 4 is 10.1 Å². The normalized spacial score (nSPS) is 34.8. The van der Waals surface area contributed by atoms with E-state index in [9.17, 15) is 8.42 Å². The van der Waals surface area contributed by atoms with Gasteiger partial charge >= 0.3 is 0 Å². The summed E-state index contributed by atoms with van der Waals surface area (Å²) in [5.41, 5.74) is 0. The molecule has 0 spiro atoms. The van der Waals surface area contributed by atoms with Gasteiger partial charge in [-0.25, -0.2) is 0 Å². The molecule has 0 aliphatic heterocycles. The van der Waals surface area contributed by atoms with Crippen LogP contribution in [0.2, 0.25) is 0 Å². The van der Waals surface area contributed by atoms with E-state index in [4.69, 9.17) is 4.55 Å².